The van der Waals surface area contributed by atoms with Crippen LogP contribution in [0.4, 0.5) is 0 Å². The fraction of sp³-hybridized carbons (Fsp3) is 0. The number of carbonyl (C=O) groups excluding carboxylic acids is 2. The zero-order valence-corrected chi connectivity index (χ0v) is 12.4. The van der Waals surface area contributed by atoms with Crippen molar-refractivity contribution in [2.75, 3.05) is 0 Å². The molecule has 0 radical (unpaired) electrons. The Kier molecular flexibility index (Phi) is 4.07. The third kappa shape index (κ3) is 2.87. The van der Waals surface area contributed by atoms with Crippen LogP contribution in [0.1, 0.15) is 26.3 Å². The van der Waals surface area contributed by atoms with Crippen LogP contribution in [0.25, 0.3) is 17.0 Å². The molecule has 24 heavy (non-hydrogen) atoms. The van der Waals surface area contributed by atoms with Crippen molar-refractivity contribution in [1.29, 1.82) is 0 Å². The summed E-state index contributed by atoms with van der Waals surface area (Å²) >= 11 is 0. The van der Waals surface area contributed by atoms with Gasteiger partial charge < -0.3 is 9.52 Å². The van der Waals surface area contributed by atoms with E-state index in [1.807, 2.05) is 0 Å². The van der Waals surface area contributed by atoms with Gasteiger partial charge in [0.25, 0.3) is 0 Å². The summed E-state index contributed by atoms with van der Waals surface area (Å²) in [6, 6.07) is 13.0. The Labute approximate surface area is 136 Å². The van der Waals surface area contributed by atoms with Crippen molar-refractivity contribution in [2.24, 2.45) is 0 Å². The van der Waals surface area contributed by atoms with E-state index in [0.29, 0.717) is 16.5 Å². The smallest absolute Gasteiger partial charge is 0.351 e. The van der Waals surface area contributed by atoms with Crippen LogP contribution in [0.3, 0.4) is 0 Å². The maximum absolute atomic E-state index is 12.3. The van der Waals surface area contributed by atoms with Crippen molar-refractivity contribution < 1.29 is 19.1 Å². The van der Waals surface area contributed by atoms with Gasteiger partial charge in [-0.3, -0.25) is 9.59 Å². The largest absolute Gasteiger partial charge is 0.506 e. The quantitative estimate of drug-likeness (QED) is 0.345. The van der Waals surface area contributed by atoms with Crippen LogP contribution >= 0.6 is 0 Å². The molecule has 1 N–H and O–H groups in total. The molecule has 0 aliphatic heterocycles. The van der Waals surface area contributed by atoms with E-state index in [-0.39, 0.29) is 5.58 Å². The summed E-state index contributed by atoms with van der Waals surface area (Å²) in [7, 11) is 0. The van der Waals surface area contributed by atoms with Crippen LogP contribution in [-0.2, 0) is 0 Å². The van der Waals surface area contributed by atoms with Crippen LogP contribution in [0.5, 0.6) is 5.75 Å². The predicted molar refractivity (Wildman–Crippen MR) is 89.3 cm³/mol. The van der Waals surface area contributed by atoms with E-state index < -0.39 is 22.7 Å². The number of fused-ring (bicyclic) bond motifs is 1. The van der Waals surface area contributed by atoms with Crippen molar-refractivity contribution in [2.45, 2.75) is 0 Å². The van der Waals surface area contributed by atoms with Crippen LogP contribution < -0.4 is 5.63 Å². The molecule has 5 nitrogen and oxygen atoms in total. The molecular formula is C19H12O5. The van der Waals surface area contributed by atoms with E-state index in [1.54, 1.807) is 42.5 Å². The van der Waals surface area contributed by atoms with Gasteiger partial charge in [-0.25, -0.2) is 4.79 Å². The summed E-state index contributed by atoms with van der Waals surface area (Å²) in [5.74, 6) is -1.06. The maximum atomic E-state index is 12.3. The second-order valence-electron chi connectivity index (χ2n) is 5.09. The predicted octanol–water partition coefficient (Wildman–Crippen LogP) is 3.21. The molecule has 3 aromatic rings. The Morgan fingerprint density at radius 2 is 1.67 bits per heavy atom. The molecule has 5 heteroatoms. The molecule has 0 spiro atoms. The Morgan fingerprint density at radius 1 is 1.00 bits per heavy atom. The van der Waals surface area contributed by atoms with Gasteiger partial charge in [0.05, 0.1) is 5.39 Å². The van der Waals surface area contributed by atoms with Crippen molar-refractivity contribution in [3.05, 3.63) is 81.7 Å². The van der Waals surface area contributed by atoms with E-state index in [9.17, 15) is 19.5 Å². The minimum absolute atomic E-state index is 0.213. The van der Waals surface area contributed by atoms with Crippen LogP contribution in [0, 0.1) is 0 Å². The zero-order chi connectivity index (χ0) is 17.1. The van der Waals surface area contributed by atoms with Gasteiger partial charge in [0.1, 0.15) is 23.2 Å². The first-order chi connectivity index (χ1) is 11.6. The lowest BCUT2D eigenvalue weighted by molar-refractivity contribution is 0.104. The lowest BCUT2D eigenvalue weighted by Gasteiger charge is -2.03. The number of carbonyl (C=O) groups is 2. The average molecular weight is 320 g/mol. The third-order valence-corrected chi connectivity index (χ3v) is 3.53. The van der Waals surface area contributed by atoms with Crippen molar-refractivity contribution in [3.8, 4) is 5.75 Å². The molecule has 0 bridgehead atoms. The van der Waals surface area contributed by atoms with E-state index in [0.717, 1.165) is 6.29 Å². The summed E-state index contributed by atoms with van der Waals surface area (Å²) in [4.78, 5) is 34.8. The van der Waals surface area contributed by atoms with Crippen LogP contribution in [-0.4, -0.2) is 17.2 Å². The van der Waals surface area contributed by atoms with Crippen LogP contribution in [0.15, 0.2) is 63.8 Å². The second kappa shape index (κ2) is 6.34. The molecular weight excluding hydrogens is 308 g/mol. The van der Waals surface area contributed by atoms with Crippen molar-refractivity contribution in [3.63, 3.8) is 0 Å². The molecule has 118 valence electrons. The first-order valence-electron chi connectivity index (χ1n) is 7.12. The Bertz CT molecular complexity index is 1010. The first kappa shape index (κ1) is 15.4. The Hall–Kier alpha value is -3.47. The fourth-order valence-electron chi connectivity index (χ4n) is 2.29. The molecule has 1 heterocycles. The number of hydrogen-bond acceptors (Lipinski definition) is 5. The molecule has 0 aliphatic carbocycles. The number of para-hydroxylation sites is 1. The summed E-state index contributed by atoms with van der Waals surface area (Å²) in [6.45, 7) is 0. The van der Waals surface area contributed by atoms with E-state index in [1.165, 1.54) is 18.2 Å². The highest BCUT2D eigenvalue weighted by molar-refractivity contribution is 6.10. The zero-order valence-electron chi connectivity index (χ0n) is 12.4. The minimum Gasteiger partial charge on any atom is -0.506 e. The Balaban J connectivity index is 1.97. The number of aromatic hydroxyl groups is 1. The lowest BCUT2D eigenvalue weighted by atomic mass is 10.1. The molecule has 0 fully saturated rings. The number of allylic oxidation sites excluding steroid dienone is 1. The van der Waals surface area contributed by atoms with Gasteiger partial charge in [0, 0.05) is 5.56 Å². The van der Waals surface area contributed by atoms with Gasteiger partial charge in [-0.15, -0.1) is 0 Å². The SMILES string of the molecule is O=Cc1ccc(/C=C/C(=O)c2c(O)c3ccccc3oc2=O)cc1. The standard InChI is InChI=1S/C19H12O5/c20-11-13-7-5-12(6-8-13)9-10-15(21)17-18(22)14-3-1-2-4-16(14)24-19(17)23/h1-11,22H/b10-9+. The highest BCUT2D eigenvalue weighted by Crippen LogP contribution is 2.26. The summed E-state index contributed by atoms with van der Waals surface area (Å²) in [5, 5.41) is 10.5. The van der Waals surface area contributed by atoms with Gasteiger partial charge in [0.15, 0.2) is 5.78 Å². The highest BCUT2D eigenvalue weighted by Gasteiger charge is 2.18. The van der Waals surface area contributed by atoms with E-state index in [4.69, 9.17) is 4.42 Å². The third-order valence-electron chi connectivity index (χ3n) is 3.53. The topological polar surface area (TPSA) is 84.6 Å². The second-order valence-corrected chi connectivity index (χ2v) is 5.09. The Morgan fingerprint density at radius 3 is 2.38 bits per heavy atom. The summed E-state index contributed by atoms with van der Waals surface area (Å²) in [5.41, 5.74) is 0.113. The molecule has 0 atom stereocenters. The molecule has 0 aliphatic rings. The number of ketones is 1. The lowest BCUT2D eigenvalue weighted by Crippen LogP contribution is -2.12. The first-order valence-corrected chi connectivity index (χ1v) is 7.12. The monoisotopic (exact) mass is 320 g/mol. The van der Waals surface area contributed by atoms with Crippen molar-refractivity contribution in [1.82, 2.24) is 0 Å². The maximum Gasteiger partial charge on any atom is 0.351 e. The molecule has 0 amide bonds. The summed E-state index contributed by atoms with van der Waals surface area (Å²) < 4.78 is 5.07. The number of aldehydes is 1. The highest BCUT2D eigenvalue weighted by atomic mass is 16.4. The van der Waals surface area contributed by atoms with E-state index in [2.05, 4.69) is 0 Å². The van der Waals surface area contributed by atoms with E-state index >= 15 is 0 Å². The van der Waals surface area contributed by atoms with Crippen molar-refractivity contribution >= 4 is 29.1 Å². The number of hydrogen-bond donors (Lipinski definition) is 1. The van der Waals surface area contributed by atoms with Gasteiger partial charge in [-0.1, -0.05) is 42.5 Å². The number of benzene rings is 2. The van der Waals surface area contributed by atoms with Crippen LogP contribution in [0.2, 0.25) is 0 Å². The minimum atomic E-state index is -0.892. The molecule has 0 unspecified atom stereocenters. The normalized spacial score (nSPS) is 11.0. The molecule has 0 saturated heterocycles. The molecule has 1 aromatic heterocycles. The van der Waals surface area contributed by atoms with Gasteiger partial charge in [0.2, 0.25) is 0 Å². The molecule has 0 saturated carbocycles. The van der Waals surface area contributed by atoms with Gasteiger partial charge >= 0.3 is 5.63 Å². The average Bonchev–Trinajstić information content (AvgIpc) is 2.60. The van der Waals surface area contributed by atoms with Gasteiger partial charge in [-0.2, -0.15) is 0 Å². The molecule has 2 aromatic carbocycles. The molecule has 3 rings (SSSR count). The number of rotatable bonds is 4. The van der Waals surface area contributed by atoms with Gasteiger partial charge in [-0.05, 0) is 23.8 Å². The summed E-state index contributed by atoms with van der Waals surface area (Å²) in [6.07, 6.45) is 3.39. The fourth-order valence-corrected chi connectivity index (χ4v) is 2.29.